The van der Waals surface area contributed by atoms with E-state index in [1.165, 1.54) is 6.07 Å². The van der Waals surface area contributed by atoms with Crippen molar-refractivity contribution in [3.8, 4) is 0 Å². The number of hydrogen-bond donors (Lipinski definition) is 2. The Morgan fingerprint density at radius 3 is 2.37 bits per heavy atom. The van der Waals surface area contributed by atoms with Crippen LogP contribution in [0, 0.1) is 0 Å². The van der Waals surface area contributed by atoms with Gasteiger partial charge in [0.1, 0.15) is 5.76 Å². The molecule has 0 aliphatic rings. The van der Waals surface area contributed by atoms with Crippen LogP contribution in [0.4, 0.5) is 5.69 Å². The maximum atomic E-state index is 12.0. The smallest absolute Gasteiger partial charge is 0.295 e. The molecule has 0 fully saturated rings. The van der Waals surface area contributed by atoms with E-state index in [4.69, 9.17) is 10.2 Å². The monoisotopic (exact) mass is 280 g/mol. The lowest BCUT2D eigenvalue weighted by molar-refractivity contribution is 0.417. The van der Waals surface area contributed by atoms with Gasteiger partial charge in [0, 0.05) is 5.69 Å². The normalized spacial score (nSPS) is 11.5. The molecular formula is C13H16N2O3S. The van der Waals surface area contributed by atoms with Gasteiger partial charge < -0.3 is 10.2 Å². The Bertz CT molecular complexity index is 645. The molecule has 0 saturated heterocycles. The highest BCUT2D eigenvalue weighted by Crippen LogP contribution is 2.18. The van der Waals surface area contributed by atoms with E-state index in [2.05, 4.69) is 4.72 Å². The quantitative estimate of drug-likeness (QED) is 0.878. The van der Waals surface area contributed by atoms with Crippen molar-refractivity contribution in [1.82, 2.24) is 0 Å². The van der Waals surface area contributed by atoms with Crippen LogP contribution in [0.25, 0.3) is 0 Å². The highest BCUT2D eigenvalue weighted by molar-refractivity contribution is 7.92. The zero-order valence-electron chi connectivity index (χ0n) is 10.6. The van der Waals surface area contributed by atoms with E-state index in [0.717, 1.165) is 12.0 Å². The lowest BCUT2D eigenvalue weighted by atomic mass is 10.2. The Morgan fingerprint density at radius 2 is 1.84 bits per heavy atom. The van der Waals surface area contributed by atoms with Crippen LogP contribution in [-0.2, 0) is 23.0 Å². The van der Waals surface area contributed by atoms with Crippen LogP contribution in [0.5, 0.6) is 0 Å². The van der Waals surface area contributed by atoms with Crippen LogP contribution in [0.15, 0.2) is 45.9 Å². The Balaban J connectivity index is 2.20. The van der Waals surface area contributed by atoms with Crippen LogP contribution in [0.3, 0.4) is 0 Å². The molecule has 2 rings (SSSR count). The number of aryl methyl sites for hydroxylation is 1. The Labute approximate surface area is 112 Å². The van der Waals surface area contributed by atoms with Crippen LogP contribution < -0.4 is 10.5 Å². The fourth-order valence-electron chi connectivity index (χ4n) is 1.63. The third-order valence-corrected chi connectivity index (χ3v) is 3.97. The van der Waals surface area contributed by atoms with Gasteiger partial charge in [-0.2, -0.15) is 8.42 Å². The van der Waals surface area contributed by atoms with Crippen molar-refractivity contribution in [2.75, 3.05) is 4.72 Å². The number of furan rings is 1. The van der Waals surface area contributed by atoms with Gasteiger partial charge in [-0.1, -0.05) is 19.1 Å². The fourth-order valence-corrected chi connectivity index (χ4v) is 2.64. The second kappa shape index (κ2) is 5.46. The Morgan fingerprint density at radius 1 is 1.16 bits per heavy atom. The first kappa shape index (κ1) is 13.6. The molecule has 6 heteroatoms. The zero-order valence-corrected chi connectivity index (χ0v) is 11.4. The summed E-state index contributed by atoms with van der Waals surface area (Å²) in [6.45, 7) is 2.21. The van der Waals surface area contributed by atoms with Gasteiger partial charge in [0.05, 0.1) is 6.54 Å². The predicted octanol–water partition coefficient (Wildman–Crippen LogP) is 2.10. The third-order valence-electron chi connectivity index (χ3n) is 2.72. The van der Waals surface area contributed by atoms with E-state index in [-0.39, 0.29) is 11.6 Å². The van der Waals surface area contributed by atoms with E-state index in [1.54, 1.807) is 18.2 Å². The molecule has 0 aliphatic heterocycles. The van der Waals surface area contributed by atoms with Gasteiger partial charge >= 0.3 is 0 Å². The minimum atomic E-state index is -3.69. The van der Waals surface area contributed by atoms with E-state index in [1.807, 2.05) is 19.1 Å². The molecule has 102 valence electrons. The maximum absolute atomic E-state index is 12.0. The topological polar surface area (TPSA) is 85.3 Å². The van der Waals surface area contributed by atoms with Crippen molar-refractivity contribution >= 4 is 15.7 Å². The van der Waals surface area contributed by atoms with Crippen molar-refractivity contribution in [3.63, 3.8) is 0 Å². The number of sulfonamides is 1. The van der Waals surface area contributed by atoms with E-state index >= 15 is 0 Å². The molecule has 2 aromatic rings. The maximum Gasteiger partial charge on any atom is 0.295 e. The molecule has 0 atom stereocenters. The molecule has 0 saturated carbocycles. The van der Waals surface area contributed by atoms with Gasteiger partial charge in [-0.05, 0) is 36.2 Å². The molecule has 0 bridgehead atoms. The molecule has 1 aromatic carbocycles. The van der Waals surface area contributed by atoms with Gasteiger partial charge in [0.15, 0.2) is 0 Å². The number of benzene rings is 1. The van der Waals surface area contributed by atoms with Crippen molar-refractivity contribution in [2.24, 2.45) is 5.73 Å². The molecule has 19 heavy (non-hydrogen) atoms. The number of nitrogens with one attached hydrogen (secondary N) is 1. The minimum absolute atomic E-state index is 0.132. The molecule has 0 radical (unpaired) electrons. The second-order valence-corrected chi connectivity index (χ2v) is 5.69. The van der Waals surface area contributed by atoms with Crippen LogP contribution in [-0.4, -0.2) is 8.42 Å². The van der Waals surface area contributed by atoms with Crippen LogP contribution in [0.2, 0.25) is 0 Å². The first-order valence-corrected chi connectivity index (χ1v) is 7.44. The third kappa shape index (κ3) is 3.15. The number of hydrogen-bond acceptors (Lipinski definition) is 4. The molecular weight excluding hydrogens is 264 g/mol. The van der Waals surface area contributed by atoms with Gasteiger partial charge in [0.25, 0.3) is 10.0 Å². The highest BCUT2D eigenvalue weighted by Gasteiger charge is 2.18. The Hall–Kier alpha value is -1.79. The standard InChI is InChI=1S/C13H16N2O3S/c1-2-10-3-5-11(6-4-10)15-19(16,17)13-8-7-12(9-14)18-13/h3-8,15H,2,9,14H2,1H3. The summed E-state index contributed by atoms with van der Waals surface area (Å²) >= 11 is 0. The van der Waals surface area contributed by atoms with Crippen molar-refractivity contribution < 1.29 is 12.8 Å². The highest BCUT2D eigenvalue weighted by atomic mass is 32.2. The molecule has 5 nitrogen and oxygen atoms in total. The molecule has 0 unspecified atom stereocenters. The molecule has 0 spiro atoms. The summed E-state index contributed by atoms with van der Waals surface area (Å²) in [6.07, 6.45) is 0.908. The van der Waals surface area contributed by atoms with Crippen molar-refractivity contribution in [2.45, 2.75) is 25.0 Å². The van der Waals surface area contributed by atoms with Crippen LogP contribution >= 0.6 is 0 Å². The van der Waals surface area contributed by atoms with Gasteiger partial charge in [-0.3, -0.25) is 4.72 Å². The summed E-state index contributed by atoms with van der Waals surface area (Å²) in [5.74, 6) is 0.432. The summed E-state index contributed by atoms with van der Waals surface area (Å²) in [7, 11) is -3.69. The zero-order chi connectivity index (χ0) is 13.9. The lowest BCUT2D eigenvalue weighted by Gasteiger charge is -2.06. The van der Waals surface area contributed by atoms with Crippen molar-refractivity contribution in [1.29, 1.82) is 0 Å². The summed E-state index contributed by atoms with van der Waals surface area (Å²) < 4.78 is 31.7. The largest absolute Gasteiger partial charge is 0.446 e. The van der Waals surface area contributed by atoms with E-state index in [0.29, 0.717) is 11.4 Å². The summed E-state index contributed by atoms with van der Waals surface area (Å²) in [5, 5.41) is -0.132. The Kier molecular flexibility index (Phi) is 3.92. The molecule has 3 N–H and O–H groups in total. The predicted molar refractivity (Wildman–Crippen MR) is 73.2 cm³/mol. The molecule has 1 aromatic heterocycles. The van der Waals surface area contributed by atoms with Crippen LogP contribution in [0.1, 0.15) is 18.2 Å². The molecule has 0 aliphatic carbocycles. The lowest BCUT2D eigenvalue weighted by Crippen LogP contribution is -2.12. The van der Waals surface area contributed by atoms with Gasteiger partial charge in [-0.15, -0.1) is 0 Å². The molecule has 1 heterocycles. The summed E-state index contributed by atoms with van der Waals surface area (Å²) in [5.41, 5.74) is 7.03. The number of anilines is 1. The average molecular weight is 280 g/mol. The fraction of sp³-hybridized carbons (Fsp3) is 0.231. The number of rotatable bonds is 5. The first-order chi connectivity index (χ1) is 9.05. The van der Waals surface area contributed by atoms with E-state index < -0.39 is 10.0 Å². The average Bonchev–Trinajstić information content (AvgIpc) is 2.89. The first-order valence-electron chi connectivity index (χ1n) is 5.95. The van der Waals surface area contributed by atoms with Gasteiger partial charge in [-0.25, -0.2) is 0 Å². The molecule has 0 amide bonds. The SMILES string of the molecule is CCc1ccc(NS(=O)(=O)c2ccc(CN)o2)cc1. The minimum Gasteiger partial charge on any atom is -0.446 e. The van der Waals surface area contributed by atoms with Gasteiger partial charge in [0.2, 0.25) is 5.09 Å². The number of nitrogens with two attached hydrogens (primary N) is 1. The van der Waals surface area contributed by atoms with Crippen molar-refractivity contribution in [3.05, 3.63) is 47.7 Å². The summed E-state index contributed by atoms with van der Waals surface area (Å²) in [6, 6.07) is 10.2. The second-order valence-electron chi connectivity index (χ2n) is 4.08. The van der Waals surface area contributed by atoms with E-state index in [9.17, 15) is 8.42 Å². The summed E-state index contributed by atoms with van der Waals surface area (Å²) in [4.78, 5) is 0.